The molecular formula is C10H18N2O4. The summed E-state index contributed by atoms with van der Waals surface area (Å²) in [6.07, 6.45) is 2.16. The van der Waals surface area contributed by atoms with Gasteiger partial charge in [-0.25, -0.2) is 4.79 Å². The number of carboxylic acid groups (broad SMARTS) is 1. The van der Waals surface area contributed by atoms with Gasteiger partial charge in [0.25, 0.3) is 0 Å². The van der Waals surface area contributed by atoms with Crippen LogP contribution in [0.2, 0.25) is 0 Å². The van der Waals surface area contributed by atoms with Gasteiger partial charge >= 0.3 is 5.97 Å². The normalized spacial score (nSPS) is 19.6. The Morgan fingerprint density at radius 1 is 1.56 bits per heavy atom. The van der Waals surface area contributed by atoms with Crippen LogP contribution in [0.15, 0.2) is 0 Å². The molecular weight excluding hydrogens is 212 g/mol. The van der Waals surface area contributed by atoms with E-state index in [2.05, 4.69) is 5.32 Å². The largest absolute Gasteiger partial charge is 0.480 e. The van der Waals surface area contributed by atoms with Gasteiger partial charge in [0.2, 0.25) is 5.91 Å². The van der Waals surface area contributed by atoms with Crippen LogP contribution in [0.4, 0.5) is 0 Å². The minimum Gasteiger partial charge on any atom is -0.480 e. The van der Waals surface area contributed by atoms with Gasteiger partial charge in [-0.2, -0.15) is 0 Å². The average Bonchev–Trinajstić information content (AvgIpc) is 2.18. The van der Waals surface area contributed by atoms with Crippen LogP contribution in [-0.2, 0) is 14.3 Å². The zero-order valence-corrected chi connectivity index (χ0v) is 9.36. The number of carbonyl (C=O) groups is 2. The third-order valence-electron chi connectivity index (χ3n) is 2.95. The molecule has 6 nitrogen and oxygen atoms in total. The van der Waals surface area contributed by atoms with Crippen molar-refractivity contribution in [3.8, 4) is 0 Å². The molecule has 0 bridgehead atoms. The molecule has 4 N–H and O–H groups in total. The molecule has 0 saturated heterocycles. The van der Waals surface area contributed by atoms with Crippen molar-refractivity contribution in [1.82, 2.24) is 5.32 Å². The van der Waals surface area contributed by atoms with Gasteiger partial charge in [-0.1, -0.05) is 0 Å². The first-order valence-electron chi connectivity index (χ1n) is 5.32. The predicted molar refractivity (Wildman–Crippen MR) is 56.8 cm³/mol. The van der Waals surface area contributed by atoms with Crippen molar-refractivity contribution in [2.75, 3.05) is 13.7 Å². The second-order valence-electron chi connectivity index (χ2n) is 4.12. The van der Waals surface area contributed by atoms with Crippen LogP contribution in [0.3, 0.4) is 0 Å². The zero-order valence-electron chi connectivity index (χ0n) is 9.36. The lowest BCUT2D eigenvalue weighted by Gasteiger charge is -2.38. The van der Waals surface area contributed by atoms with Gasteiger partial charge in [0.05, 0.1) is 6.04 Å². The van der Waals surface area contributed by atoms with E-state index in [-0.39, 0.29) is 0 Å². The fourth-order valence-corrected chi connectivity index (χ4v) is 1.63. The monoisotopic (exact) mass is 230 g/mol. The lowest BCUT2D eigenvalue weighted by atomic mass is 9.76. The second-order valence-corrected chi connectivity index (χ2v) is 4.12. The molecule has 1 saturated carbocycles. The van der Waals surface area contributed by atoms with Gasteiger partial charge in [-0.05, 0) is 25.7 Å². The van der Waals surface area contributed by atoms with Crippen molar-refractivity contribution in [2.24, 2.45) is 5.73 Å². The highest BCUT2D eigenvalue weighted by atomic mass is 16.5. The van der Waals surface area contributed by atoms with E-state index >= 15 is 0 Å². The molecule has 1 aliphatic carbocycles. The Hall–Kier alpha value is -1.14. The van der Waals surface area contributed by atoms with Gasteiger partial charge in [0.15, 0.2) is 0 Å². The quantitative estimate of drug-likeness (QED) is 0.569. The Labute approximate surface area is 94.1 Å². The fraction of sp³-hybridized carbons (Fsp3) is 0.800. The first-order chi connectivity index (χ1) is 7.52. The number of nitrogens with one attached hydrogen (secondary N) is 1. The summed E-state index contributed by atoms with van der Waals surface area (Å²) in [5.41, 5.74) is 4.52. The summed E-state index contributed by atoms with van der Waals surface area (Å²) < 4.78 is 4.80. The number of carboxylic acids is 1. The number of nitrogens with two attached hydrogens (primary N) is 1. The SMILES string of the molecule is COCCC(N)C(=O)NC1(C(=O)O)CCC1. The third kappa shape index (κ3) is 2.70. The number of carbonyl (C=O) groups excluding carboxylic acids is 1. The maximum Gasteiger partial charge on any atom is 0.329 e. The molecule has 16 heavy (non-hydrogen) atoms. The highest BCUT2D eigenvalue weighted by molar-refractivity contribution is 5.90. The smallest absolute Gasteiger partial charge is 0.329 e. The number of amides is 1. The van der Waals surface area contributed by atoms with Crippen molar-refractivity contribution in [2.45, 2.75) is 37.3 Å². The number of hydrogen-bond acceptors (Lipinski definition) is 4. The van der Waals surface area contributed by atoms with Crippen molar-refractivity contribution < 1.29 is 19.4 Å². The molecule has 0 aliphatic heterocycles. The van der Waals surface area contributed by atoms with Crippen LogP contribution in [0.5, 0.6) is 0 Å². The Balaban J connectivity index is 2.46. The lowest BCUT2D eigenvalue weighted by molar-refractivity contribution is -0.152. The highest BCUT2D eigenvalue weighted by Gasteiger charge is 2.46. The maximum atomic E-state index is 11.6. The lowest BCUT2D eigenvalue weighted by Crippen LogP contribution is -2.61. The van der Waals surface area contributed by atoms with Crippen LogP contribution in [0.25, 0.3) is 0 Å². The molecule has 1 rings (SSSR count). The summed E-state index contributed by atoms with van der Waals surface area (Å²) in [7, 11) is 1.52. The number of rotatable bonds is 6. The standard InChI is InChI=1S/C10H18N2O4/c1-16-6-3-7(11)8(13)12-10(9(14)15)4-2-5-10/h7H,2-6,11H2,1H3,(H,12,13)(H,14,15). The van der Waals surface area contributed by atoms with Crippen molar-refractivity contribution in [3.05, 3.63) is 0 Å². The number of aliphatic carboxylic acids is 1. The Bertz CT molecular complexity index is 276. The summed E-state index contributed by atoms with van der Waals surface area (Å²) in [5, 5.41) is 11.5. The molecule has 0 heterocycles. The number of ether oxygens (including phenoxy) is 1. The first-order valence-corrected chi connectivity index (χ1v) is 5.32. The summed E-state index contributed by atoms with van der Waals surface area (Å²) in [5.74, 6) is -1.40. The summed E-state index contributed by atoms with van der Waals surface area (Å²) in [6, 6.07) is -0.711. The molecule has 0 spiro atoms. The van der Waals surface area contributed by atoms with Gasteiger partial charge < -0.3 is 20.9 Å². The van der Waals surface area contributed by atoms with Crippen LogP contribution in [0.1, 0.15) is 25.7 Å². The van der Waals surface area contributed by atoms with Gasteiger partial charge in [0, 0.05) is 13.7 Å². The van der Waals surface area contributed by atoms with Crippen LogP contribution in [-0.4, -0.2) is 42.3 Å². The molecule has 0 aromatic heterocycles. The topological polar surface area (TPSA) is 102 Å². The first kappa shape index (κ1) is 12.9. The minimum absolute atomic E-state index is 0.384. The highest BCUT2D eigenvalue weighted by Crippen LogP contribution is 2.32. The van der Waals surface area contributed by atoms with Crippen LogP contribution in [0, 0.1) is 0 Å². The summed E-state index contributed by atoms with van der Waals surface area (Å²) >= 11 is 0. The average molecular weight is 230 g/mol. The second kappa shape index (κ2) is 5.27. The zero-order chi connectivity index (χ0) is 12.2. The Morgan fingerprint density at radius 2 is 2.19 bits per heavy atom. The minimum atomic E-state index is -1.08. The molecule has 0 radical (unpaired) electrons. The van der Waals surface area contributed by atoms with Gasteiger partial charge in [-0.3, -0.25) is 4.79 Å². The number of methoxy groups -OCH3 is 1. The van der Waals surface area contributed by atoms with E-state index in [1.807, 2.05) is 0 Å². The van der Waals surface area contributed by atoms with E-state index in [1.54, 1.807) is 0 Å². The molecule has 1 unspecified atom stereocenters. The molecule has 1 fully saturated rings. The summed E-state index contributed by atoms with van der Waals surface area (Å²) in [4.78, 5) is 22.6. The van der Waals surface area contributed by atoms with Crippen molar-refractivity contribution >= 4 is 11.9 Å². The molecule has 6 heteroatoms. The van der Waals surface area contributed by atoms with E-state index in [1.165, 1.54) is 7.11 Å². The van der Waals surface area contributed by atoms with E-state index in [9.17, 15) is 9.59 Å². The molecule has 1 aliphatic rings. The van der Waals surface area contributed by atoms with E-state index in [0.29, 0.717) is 25.9 Å². The molecule has 1 atom stereocenters. The van der Waals surface area contributed by atoms with Gasteiger partial charge in [0.1, 0.15) is 5.54 Å². The Kier molecular flexibility index (Phi) is 4.26. The maximum absolute atomic E-state index is 11.6. The Morgan fingerprint density at radius 3 is 2.56 bits per heavy atom. The van der Waals surface area contributed by atoms with E-state index in [0.717, 1.165) is 6.42 Å². The molecule has 0 aromatic rings. The molecule has 92 valence electrons. The van der Waals surface area contributed by atoms with E-state index < -0.39 is 23.5 Å². The van der Waals surface area contributed by atoms with Crippen molar-refractivity contribution in [1.29, 1.82) is 0 Å². The third-order valence-corrected chi connectivity index (χ3v) is 2.95. The van der Waals surface area contributed by atoms with Crippen molar-refractivity contribution in [3.63, 3.8) is 0 Å². The summed E-state index contributed by atoms with van der Waals surface area (Å²) in [6.45, 7) is 0.384. The van der Waals surface area contributed by atoms with Crippen LogP contribution >= 0.6 is 0 Å². The predicted octanol–water partition coefficient (Wildman–Crippen LogP) is -0.526. The van der Waals surface area contributed by atoms with Crippen LogP contribution < -0.4 is 11.1 Å². The number of hydrogen-bond donors (Lipinski definition) is 3. The van der Waals surface area contributed by atoms with Gasteiger partial charge in [-0.15, -0.1) is 0 Å². The fourth-order valence-electron chi connectivity index (χ4n) is 1.63. The molecule has 0 aromatic carbocycles. The van der Waals surface area contributed by atoms with E-state index in [4.69, 9.17) is 15.6 Å². The molecule has 1 amide bonds.